The van der Waals surface area contributed by atoms with Gasteiger partial charge in [-0.05, 0) is 29.8 Å². The quantitative estimate of drug-likeness (QED) is 0.800. The number of benzene rings is 2. The Kier molecular flexibility index (Phi) is 7.34. The first-order valence-corrected chi connectivity index (χ1v) is 8.36. The third-order valence-electron chi connectivity index (χ3n) is 4.28. The monoisotopic (exact) mass is 384 g/mol. The fraction of sp³-hybridized carbons (Fsp3) is 0.368. The zero-order valence-electron chi connectivity index (χ0n) is 14.3. The number of alkyl halides is 2. The Bertz CT molecular complexity index is 682. The van der Waals surface area contributed by atoms with E-state index in [1.165, 1.54) is 0 Å². The van der Waals surface area contributed by atoms with Gasteiger partial charge in [0.05, 0.1) is 0 Å². The Morgan fingerprint density at radius 3 is 2.35 bits per heavy atom. The molecule has 2 aromatic carbocycles. The third kappa shape index (κ3) is 4.92. The molecule has 1 fully saturated rings. The zero-order valence-corrected chi connectivity index (χ0v) is 15.1. The molecule has 142 valence electrons. The van der Waals surface area contributed by atoms with Gasteiger partial charge in [-0.15, -0.1) is 12.4 Å². The van der Waals surface area contributed by atoms with Crippen LogP contribution in [0.4, 0.5) is 8.78 Å². The molecule has 0 aromatic heterocycles. The van der Waals surface area contributed by atoms with E-state index in [0.29, 0.717) is 43.2 Å². The molecule has 0 amide bonds. The molecule has 1 atom stereocenters. The van der Waals surface area contributed by atoms with Gasteiger partial charge in [0.1, 0.15) is 24.1 Å². The highest BCUT2D eigenvalue weighted by molar-refractivity contribution is 5.85. The van der Waals surface area contributed by atoms with Crippen LogP contribution in [0.2, 0.25) is 0 Å². The standard InChI is InChI=1S/C19H22F2N2O2.ClH/c20-19(21,14-24)18(23-11-9-22-10-12-23)15-5-4-8-17(13-15)25-16-6-2-1-3-7-16;/h1-8,13,18,22,24H,9-12,14H2;1H/t18-;/m1./s1. The molecule has 0 spiro atoms. The Morgan fingerprint density at radius 1 is 1.04 bits per heavy atom. The maximum Gasteiger partial charge on any atom is 0.289 e. The summed E-state index contributed by atoms with van der Waals surface area (Å²) in [6.07, 6.45) is 0. The van der Waals surface area contributed by atoms with Gasteiger partial charge >= 0.3 is 0 Å². The van der Waals surface area contributed by atoms with E-state index in [1.807, 2.05) is 30.3 Å². The summed E-state index contributed by atoms with van der Waals surface area (Å²) in [5.74, 6) is -2.09. The van der Waals surface area contributed by atoms with Gasteiger partial charge in [0.25, 0.3) is 5.92 Å². The summed E-state index contributed by atoms with van der Waals surface area (Å²) >= 11 is 0. The largest absolute Gasteiger partial charge is 0.457 e. The molecule has 1 aliphatic rings. The fourth-order valence-electron chi connectivity index (χ4n) is 3.12. The zero-order chi connectivity index (χ0) is 17.7. The first-order valence-electron chi connectivity index (χ1n) is 8.36. The number of piperazine rings is 1. The Balaban J connectivity index is 0.00000243. The summed E-state index contributed by atoms with van der Waals surface area (Å²) in [4.78, 5) is 1.72. The van der Waals surface area contributed by atoms with Crippen LogP contribution in [0.15, 0.2) is 54.6 Å². The Morgan fingerprint density at radius 2 is 1.69 bits per heavy atom. The number of hydrogen-bond acceptors (Lipinski definition) is 4. The van der Waals surface area contributed by atoms with Crippen molar-refractivity contribution in [3.8, 4) is 11.5 Å². The summed E-state index contributed by atoms with van der Waals surface area (Å²) in [5.41, 5.74) is 0.439. The van der Waals surface area contributed by atoms with Crippen molar-refractivity contribution < 1.29 is 18.6 Å². The van der Waals surface area contributed by atoms with Crippen LogP contribution in [0.5, 0.6) is 11.5 Å². The predicted octanol–water partition coefficient (Wildman–Crippen LogP) is 3.47. The maximum absolute atomic E-state index is 14.5. The average molecular weight is 385 g/mol. The number of nitrogens with zero attached hydrogens (tertiary/aromatic N) is 1. The minimum Gasteiger partial charge on any atom is -0.457 e. The molecule has 0 radical (unpaired) electrons. The summed E-state index contributed by atoms with van der Waals surface area (Å²) < 4.78 is 34.8. The van der Waals surface area contributed by atoms with Crippen LogP contribution in [0.3, 0.4) is 0 Å². The minimum atomic E-state index is -3.23. The highest BCUT2D eigenvalue weighted by atomic mass is 35.5. The number of hydrogen-bond donors (Lipinski definition) is 2. The Hall–Kier alpha value is -1.73. The van der Waals surface area contributed by atoms with E-state index >= 15 is 0 Å². The first-order chi connectivity index (χ1) is 12.1. The van der Waals surface area contributed by atoms with Gasteiger partial charge in [-0.3, -0.25) is 4.90 Å². The maximum atomic E-state index is 14.5. The number of halogens is 3. The molecule has 3 rings (SSSR count). The van der Waals surface area contributed by atoms with Crippen LogP contribution in [0.1, 0.15) is 11.6 Å². The average Bonchev–Trinajstić information content (AvgIpc) is 2.64. The van der Waals surface area contributed by atoms with Crippen molar-refractivity contribution in [2.75, 3.05) is 32.8 Å². The molecule has 4 nitrogen and oxygen atoms in total. The molecular weight excluding hydrogens is 362 g/mol. The predicted molar refractivity (Wildman–Crippen MR) is 99.4 cm³/mol. The van der Waals surface area contributed by atoms with E-state index < -0.39 is 18.6 Å². The summed E-state index contributed by atoms with van der Waals surface area (Å²) in [7, 11) is 0. The van der Waals surface area contributed by atoms with E-state index in [9.17, 15) is 13.9 Å². The number of ether oxygens (including phenoxy) is 1. The molecule has 0 unspecified atom stereocenters. The lowest BCUT2D eigenvalue weighted by Crippen LogP contribution is -2.51. The molecule has 0 bridgehead atoms. The van der Waals surface area contributed by atoms with Crippen LogP contribution >= 0.6 is 12.4 Å². The molecule has 0 saturated carbocycles. The van der Waals surface area contributed by atoms with Gasteiger partial charge in [0, 0.05) is 26.2 Å². The van der Waals surface area contributed by atoms with Gasteiger partial charge in [-0.2, -0.15) is 0 Å². The van der Waals surface area contributed by atoms with Gasteiger partial charge in [0.2, 0.25) is 0 Å². The normalized spacial score (nSPS) is 16.6. The van der Waals surface area contributed by atoms with Crippen molar-refractivity contribution >= 4 is 12.4 Å². The van der Waals surface area contributed by atoms with E-state index in [-0.39, 0.29) is 12.4 Å². The van der Waals surface area contributed by atoms with Crippen molar-refractivity contribution in [1.82, 2.24) is 10.2 Å². The van der Waals surface area contributed by atoms with E-state index in [2.05, 4.69) is 5.32 Å². The molecule has 1 saturated heterocycles. The third-order valence-corrected chi connectivity index (χ3v) is 4.28. The summed E-state index contributed by atoms with van der Waals surface area (Å²) in [6, 6.07) is 14.7. The molecule has 26 heavy (non-hydrogen) atoms. The second-order valence-electron chi connectivity index (χ2n) is 6.10. The van der Waals surface area contributed by atoms with Crippen molar-refractivity contribution in [3.05, 3.63) is 60.2 Å². The van der Waals surface area contributed by atoms with E-state index in [4.69, 9.17) is 4.74 Å². The Labute approximate surface area is 158 Å². The van der Waals surface area contributed by atoms with Crippen LogP contribution in [-0.2, 0) is 0 Å². The van der Waals surface area contributed by atoms with Crippen LogP contribution < -0.4 is 10.1 Å². The molecular formula is C19H23ClF2N2O2. The fourth-order valence-corrected chi connectivity index (χ4v) is 3.12. The molecule has 2 aromatic rings. The number of rotatable bonds is 6. The lowest BCUT2D eigenvalue weighted by molar-refractivity contribution is -0.118. The molecule has 1 aliphatic heterocycles. The second-order valence-corrected chi connectivity index (χ2v) is 6.10. The highest BCUT2D eigenvalue weighted by Gasteiger charge is 2.44. The minimum absolute atomic E-state index is 0. The number of nitrogens with one attached hydrogen (secondary N) is 1. The lowest BCUT2D eigenvalue weighted by Gasteiger charge is -2.38. The van der Waals surface area contributed by atoms with Gasteiger partial charge in [-0.25, -0.2) is 8.78 Å². The van der Waals surface area contributed by atoms with Crippen molar-refractivity contribution in [2.24, 2.45) is 0 Å². The molecule has 7 heteroatoms. The SMILES string of the molecule is Cl.OCC(F)(F)[C@@H](c1cccc(Oc2ccccc2)c1)N1CCNCC1. The van der Waals surface area contributed by atoms with E-state index in [1.54, 1.807) is 29.2 Å². The van der Waals surface area contributed by atoms with Gasteiger partial charge in [0.15, 0.2) is 0 Å². The van der Waals surface area contributed by atoms with E-state index in [0.717, 1.165) is 0 Å². The highest BCUT2D eigenvalue weighted by Crippen LogP contribution is 2.38. The topological polar surface area (TPSA) is 44.7 Å². The second kappa shape index (κ2) is 9.28. The van der Waals surface area contributed by atoms with Crippen LogP contribution in [0.25, 0.3) is 0 Å². The number of aliphatic hydroxyl groups is 1. The molecule has 2 N–H and O–H groups in total. The molecule has 1 heterocycles. The van der Waals surface area contributed by atoms with Crippen LogP contribution in [0, 0.1) is 0 Å². The van der Waals surface area contributed by atoms with Gasteiger partial charge in [-0.1, -0.05) is 30.3 Å². The van der Waals surface area contributed by atoms with Crippen molar-refractivity contribution in [2.45, 2.75) is 12.0 Å². The smallest absolute Gasteiger partial charge is 0.289 e. The summed E-state index contributed by atoms with van der Waals surface area (Å²) in [5, 5.41) is 12.4. The number of para-hydroxylation sites is 1. The first kappa shape index (κ1) is 20.6. The van der Waals surface area contributed by atoms with Crippen molar-refractivity contribution in [3.63, 3.8) is 0 Å². The van der Waals surface area contributed by atoms with Crippen LogP contribution in [-0.4, -0.2) is 48.7 Å². The number of aliphatic hydroxyl groups excluding tert-OH is 1. The summed E-state index contributed by atoms with van der Waals surface area (Å²) in [6.45, 7) is 1.12. The van der Waals surface area contributed by atoms with Gasteiger partial charge < -0.3 is 15.2 Å². The molecule has 0 aliphatic carbocycles. The lowest BCUT2D eigenvalue weighted by atomic mass is 9.98. The van der Waals surface area contributed by atoms with Crippen molar-refractivity contribution in [1.29, 1.82) is 0 Å².